The first-order valence-electron chi connectivity index (χ1n) is 10.0. The van der Waals surface area contributed by atoms with E-state index in [0.29, 0.717) is 36.8 Å². The highest BCUT2D eigenvalue weighted by Crippen LogP contribution is 2.21. The van der Waals surface area contributed by atoms with Crippen LogP contribution in [-0.2, 0) is 6.54 Å². The highest BCUT2D eigenvalue weighted by atomic mass is 16.4. The number of benzene rings is 2. The van der Waals surface area contributed by atoms with E-state index in [0.717, 1.165) is 0 Å². The fourth-order valence-corrected chi connectivity index (χ4v) is 3.91. The normalized spacial score (nSPS) is 14.5. The van der Waals surface area contributed by atoms with E-state index >= 15 is 0 Å². The van der Waals surface area contributed by atoms with Crippen LogP contribution in [0.15, 0.2) is 58.1 Å². The number of likely N-dealkylation sites (tertiary alicyclic amines) is 1. The molecule has 2 heterocycles. The van der Waals surface area contributed by atoms with Crippen LogP contribution in [0.2, 0.25) is 0 Å². The number of anilines is 1. The van der Waals surface area contributed by atoms with Crippen molar-refractivity contribution in [3.63, 3.8) is 0 Å². The lowest BCUT2D eigenvalue weighted by atomic mass is 9.97. The van der Waals surface area contributed by atoms with Gasteiger partial charge in [0.1, 0.15) is 0 Å². The first-order chi connectivity index (χ1) is 14.9. The number of carbonyl (C=O) groups excluding carboxylic acids is 1. The lowest BCUT2D eigenvalue weighted by Gasteiger charge is -2.32. The first-order valence-corrected chi connectivity index (χ1v) is 10.0. The minimum absolute atomic E-state index is 0.0284. The molecule has 0 aliphatic carbocycles. The maximum Gasteiger partial charge on any atom is 0.337 e. The van der Waals surface area contributed by atoms with E-state index in [2.05, 4.69) is 10.3 Å². The fraction of sp³-hybridized carbons (Fsp3) is 0.273. The van der Waals surface area contributed by atoms with Gasteiger partial charge in [0.15, 0.2) is 0 Å². The summed E-state index contributed by atoms with van der Waals surface area (Å²) in [5.41, 5.74) is 0.0397. The second kappa shape index (κ2) is 8.47. The number of carboxylic acids is 1. The molecular formula is C22H22N4O5. The summed E-state index contributed by atoms with van der Waals surface area (Å²) in [6.07, 6.45) is 1.26. The molecule has 0 spiro atoms. The number of carbonyl (C=O) groups is 2. The lowest BCUT2D eigenvalue weighted by Crippen LogP contribution is -2.44. The molecule has 0 atom stereocenters. The summed E-state index contributed by atoms with van der Waals surface area (Å²) in [6.45, 7) is 1.19. The van der Waals surface area contributed by atoms with Gasteiger partial charge in [0.05, 0.1) is 22.2 Å². The Labute approximate surface area is 176 Å². The van der Waals surface area contributed by atoms with Crippen molar-refractivity contribution in [2.24, 2.45) is 5.92 Å². The predicted octanol–water partition coefficient (Wildman–Crippen LogP) is 2.33. The van der Waals surface area contributed by atoms with Gasteiger partial charge in [0.2, 0.25) is 0 Å². The summed E-state index contributed by atoms with van der Waals surface area (Å²) in [6, 6.07) is 12.8. The van der Waals surface area contributed by atoms with E-state index in [1.54, 1.807) is 47.4 Å². The van der Waals surface area contributed by atoms with Crippen LogP contribution in [0.3, 0.4) is 0 Å². The van der Waals surface area contributed by atoms with Gasteiger partial charge in [-0.3, -0.25) is 9.36 Å². The van der Waals surface area contributed by atoms with Crippen molar-refractivity contribution in [2.75, 3.05) is 18.4 Å². The molecule has 160 valence electrons. The molecule has 1 aliphatic rings. The SMILES string of the molecule is O=C(O)c1ccccc1NC(=O)N1CCC(Cn2c(=O)[nH]c3ccccc3c2=O)CC1. The van der Waals surface area contributed by atoms with Crippen LogP contribution in [0, 0.1) is 5.92 Å². The monoisotopic (exact) mass is 422 g/mol. The Morgan fingerprint density at radius 2 is 1.71 bits per heavy atom. The second-order valence-electron chi connectivity index (χ2n) is 7.60. The standard InChI is InChI=1S/C22H22N4O5/c27-19-15-5-1-3-7-17(15)24-22(31)26(19)13-14-9-11-25(12-10-14)21(30)23-18-8-4-2-6-16(18)20(28)29/h1-8,14H,9-13H2,(H,23,30)(H,24,31)(H,28,29). The number of aromatic nitrogens is 2. The van der Waals surface area contributed by atoms with E-state index in [1.807, 2.05) is 0 Å². The highest BCUT2D eigenvalue weighted by molar-refractivity contribution is 6.00. The molecule has 9 heteroatoms. The number of amides is 2. The number of nitrogens with zero attached hydrogens (tertiary/aromatic N) is 2. The van der Waals surface area contributed by atoms with Gasteiger partial charge < -0.3 is 20.3 Å². The number of nitrogens with one attached hydrogen (secondary N) is 2. The maximum absolute atomic E-state index is 12.7. The number of fused-ring (bicyclic) bond motifs is 1. The summed E-state index contributed by atoms with van der Waals surface area (Å²) in [4.78, 5) is 53.3. The zero-order valence-corrected chi connectivity index (χ0v) is 16.7. The average Bonchev–Trinajstić information content (AvgIpc) is 2.77. The van der Waals surface area contributed by atoms with Gasteiger partial charge in [-0.2, -0.15) is 0 Å². The molecule has 0 radical (unpaired) electrons. The third-order valence-corrected chi connectivity index (χ3v) is 5.63. The Morgan fingerprint density at radius 1 is 1.03 bits per heavy atom. The fourth-order valence-electron chi connectivity index (χ4n) is 3.91. The molecule has 1 aliphatic heterocycles. The average molecular weight is 422 g/mol. The minimum atomic E-state index is -1.11. The van der Waals surface area contributed by atoms with Gasteiger partial charge in [-0.1, -0.05) is 24.3 Å². The van der Waals surface area contributed by atoms with Crippen LogP contribution in [0.5, 0.6) is 0 Å². The second-order valence-corrected chi connectivity index (χ2v) is 7.60. The van der Waals surface area contributed by atoms with Crippen LogP contribution >= 0.6 is 0 Å². The summed E-state index contributed by atoms with van der Waals surface area (Å²) in [7, 11) is 0. The van der Waals surface area contributed by atoms with Crippen molar-refractivity contribution in [1.29, 1.82) is 0 Å². The van der Waals surface area contributed by atoms with Crippen molar-refractivity contribution in [2.45, 2.75) is 19.4 Å². The summed E-state index contributed by atoms with van der Waals surface area (Å²) in [5, 5.41) is 12.4. The number of H-pyrrole nitrogens is 1. The number of urea groups is 1. The molecule has 1 saturated heterocycles. The molecule has 3 aromatic rings. The smallest absolute Gasteiger partial charge is 0.337 e. The molecule has 1 fully saturated rings. The Morgan fingerprint density at radius 3 is 2.45 bits per heavy atom. The van der Waals surface area contributed by atoms with Crippen molar-refractivity contribution in [1.82, 2.24) is 14.5 Å². The van der Waals surface area contributed by atoms with Gasteiger partial charge in [-0.15, -0.1) is 0 Å². The molecule has 4 rings (SSSR count). The number of hydrogen-bond acceptors (Lipinski definition) is 4. The first kappa shape index (κ1) is 20.4. The Balaban J connectivity index is 1.41. The molecule has 3 N–H and O–H groups in total. The van der Waals surface area contributed by atoms with Crippen molar-refractivity contribution >= 4 is 28.6 Å². The Hall–Kier alpha value is -3.88. The highest BCUT2D eigenvalue weighted by Gasteiger charge is 2.25. The molecule has 9 nitrogen and oxygen atoms in total. The van der Waals surface area contributed by atoms with Crippen LogP contribution in [0.25, 0.3) is 10.9 Å². The maximum atomic E-state index is 12.7. The molecular weight excluding hydrogens is 400 g/mol. The number of rotatable bonds is 4. The molecule has 2 aromatic carbocycles. The van der Waals surface area contributed by atoms with E-state index in [-0.39, 0.29) is 35.3 Å². The van der Waals surface area contributed by atoms with Crippen molar-refractivity contribution in [3.8, 4) is 0 Å². The zero-order chi connectivity index (χ0) is 22.0. The third-order valence-electron chi connectivity index (χ3n) is 5.63. The van der Waals surface area contributed by atoms with Crippen molar-refractivity contribution in [3.05, 3.63) is 74.9 Å². The van der Waals surface area contributed by atoms with E-state index in [9.17, 15) is 24.3 Å². The molecule has 1 aromatic heterocycles. The van der Waals surface area contributed by atoms with Gasteiger partial charge in [0, 0.05) is 19.6 Å². The van der Waals surface area contributed by atoms with E-state index in [1.165, 1.54) is 10.6 Å². The molecule has 0 bridgehead atoms. The zero-order valence-electron chi connectivity index (χ0n) is 16.7. The summed E-state index contributed by atoms with van der Waals surface area (Å²) >= 11 is 0. The number of para-hydroxylation sites is 2. The molecule has 31 heavy (non-hydrogen) atoms. The number of piperidine rings is 1. The van der Waals surface area contributed by atoms with E-state index < -0.39 is 11.7 Å². The quantitative estimate of drug-likeness (QED) is 0.595. The van der Waals surface area contributed by atoms with Gasteiger partial charge >= 0.3 is 17.7 Å². The number of aromatic carboxylic acids is 1. The number of carboxylic acid groups (broad SMARTS) is 1. The summed E-state index contributed by atoms with van der Waals surface area (Å²) < 4.78 is 1.23. The predicted molar refractivity (Wildman–Crippen MR) is 116 cm³/mol. The number of hydrogen-bond donors (Lipinski definition) is 3. The van der Waals surface area contributed by atoms with Crippen LogP contribution < -0.4 is 16.6 Å². The number of aromatic amines is 1. The van der Waals surface area contributed by atoms with Gasteiger partial charge in [-0.25, -0.2) is 14.4 Å². The molecule has 0 saturated carbocycles. The minimum Gasteiger partial charge on any atom is -0.478 e. The summed E-state index contributed by atoms with van der Waals surface area (Å²) in [5.74, 6) is -1.03. The Kier molecular flexibility index (Phi) is 5.57. The van der Waals surface area contributed by atoms with Crippen molar-refractivity contribution < 1.29 is 14.7 Å². The van der Waals surface area contributed by atoms with Gasteiger partial charge in [-0.05, 0) is 43.0 Å². The Bertz CT molecular complexity index is 1250. The van der Waals surface area contributed by atoms with Gasteiger partial charge in [0.25, 0.3) is 5.56 Å². The van der Waals surface area contributed by atoms with E-state index in [4.69, 9.17) is 0 Å². The van der Waals surface area contributed by atoms with Crippen LogP contribution in [0.4, 0.5) is 10.5 Å². The largest absolute Gasteiger partial charge is 0.478 e. The lowest BCUT2D eigenvalue weighted by molar-refractivity contribution is 0.0698. The molecule has 2 amide bonds. The van der Waals surface area contributed by atoms with Crippen LogP contribution in [-0.4, -0.2) is 44.6 Å². The topological polar surface area (TPSA) is 124 Å². The van der Waals surface area contributed by atoms with Crippen LogP contribution in [0.1, 0.15) is 23.2 Å². The third kappa shape index (κ3) is 4.20. The molecule has 0 unspecified atom stereocenters.